The van der Waals surface area contributed by atoms with Crippen molar-refractivity contribution in [2.45, 2.75) is 66.4 Å². The largest absolute Gasteiger partial charge is 0.460 e. The van der Waals surface area contributed by atoms with Crippen LogP contribution in [0.1, 0.15) is 59.3 Å². The van der Waals surface area contributed by atoms with E-state index in [1.165, 1.54) is 4.88 Å². The summed E-state index contributed by atoms with van der Waals surface area (Å²) in [5.41, 5.74) is -0.276. The summed E-state index contributed by atoms with van der Waals surface area (Å²) >= 11 is 1.79. The second-order valence-electron chi connectivity index (χ2n) is 7.47. The van der Waals surface area contributed by atoms with E-state index in [4.69, 9.17) is 4.74 Å². The van der Waals surface area contributed by atoms with Gasteiger partial charge in [-0.1, -0.05) is 26.8 Å². The van der Waals surface area contributed by atoms with E-state index in [-0.39, 0.29) is 11.4 Å². The molecule has 0 aromatic carbocycles. The van der Waals surface area contributed by atoms with Crippen LogP contribution in [0.25, 0.3) is 0 Å². The number of hydrogen-bond donors (Lipinski definition) is 0. The van der Waals surface area contributed by atoms with Gasteiger partial charge in [-0.2, -0.15) is 0 Å². The van der Waals surface area contributed by atoms with E-state index in [0.29, 0.717) is 12.3 Å². The highest BCUT2D eigenvalue weighted by Crippen LogP contribution is 2.33. The lowest BCUT2D eigenvalue weighted by Crippen LogP contribution is -2.29. The van der Waals surface area contributed by atoms with Crippen LogP contribution in [-0.2, 0) is 16.0 Å². The molecule has 1 atom stereocenters. The molecule has 1 unspecified atom stereocenters. The maximum absolute atomic E-state index is 12.1. The summed E-state index contributed by atoms with van der Waals surface area (Å²) in [7, 11) is 0. The molecule has 1 aromatic rings. The van der Waals surface area contributed by atoms with E-state index in [0.717, 1.165) is 12.8 Å². The van der Waals surface area contributed by atoms with Crippen molar-refractivity contribution in [1.29, 1.82) is 0 Å². The Morgan fingerprint density at radius 2 is 1.90 bits per heavy atom. The molecule has 0 spiro atoms. The molecule has 0 saturated heterocycles. The molecular formula is C17H28O2S. The van der Waals surface area contributed by atoms with Crippen LogP contribution in [0, 0.1) is 11.3 Å². The predicted molar refractivity (Wildman–Crippen MR) is 86.0 cm³/mol. The van der Waals surface area contributed by atoms with Gasteiger partial charge in [-0.3, -0.25) is 4.79 Å². The zero-order valence-electron chi connectivity index (χ0n) is 13.7. The van der Waals surface area contributed by atoms with Gasteiger partial charge in [-0.05, 0) is 56.4 Å². The minimum atomic E-state index is -0.396. The van der Waals surface area contributed by atoms with Crippen molar-refractivity contribution in [2.24, 2.45) is 11.3 Å². The topological polar surface area (TPSA) is 26.3 Å². The SMILES string of the molecule is CC(C)(C)OC(=O)CC(CCc1cccs1)C(C)(C)C. The molecule has 0 saturated carbocycles. The van der Waals surface area contributed by atoms with Crippen molar-refractivity contribution in [3.63, 3.8) is 0 Å². The third-order valence-corrected chi connectivity index (χ3v) is 4.31. The first kappa shape index (κ1) is 17.2. The fourth-order valence-electron chi connectivity index (χ4n) is 2.20. The Morgan fingerprint density at radius 1 is 1.25 bits per heavy atom. The van der Waals surface area contributed by atoms with Gasteiger partial charge in [-0.15, -0.1) is 11.3 Å². The Labute approximate surface area is 127 Å². The first-order valence-electron chi connectivity index (χ1n) is 7.32. The van der Waals surface area contributed by atoms with E-state index in [2.05, 4.69) is 38.3 Å². The van der Waals surface area contributed by atoms with E-state index < -0.39 is 5.60 Å². The van der Waals surface area contributed by atoms with Crippen LogP contribution in [0.5, 0.6) is 0 Å². The number of thiophene rings is 1. The number of carbonyl (C=O) groups is 1. The van der Waals surface area contributed by atoms with Gasteiger partial charge in [0.05, 0.1) is 0 Å². The summed E-state index contributed by atoms with van der Waals surface area (Å²) in [6.07, 6.45) is 2.58. The molecule has 3 heteroatoms. The number of hydrogen-bond acceptors (Lipinski definition) is 3. The summed E-state index contributed by atoms with van der Waals surface area (Å²) in [5, 5.41) is 2.11. The van der Waals surface area contributed by atoms with Crippen molar-refractivity contribution >= 4 is 17.3 Å². The quantitative estimate of drug-likeness (QED) is 0.709. The minimum absolute atomic E-state index is 0.0800. The molecule has 0 amide bonds. The van der Waals surface area contributed by atoms with Gasteiger partial charge in [0.2, 0.25) is 0 Å². The van der Waals surface area contributed by atoms with Crippen molar-refractivity contribution in [2.75, 3.05) is 0 Å². The van der Waals surface area contributed by atoms with E-state index in [9.17, 15) is 4.79 Å². The van der Waals surface area contributed by atoms with E-state index in [1.807, 2.05) is 20.8 Å². The molecule has 0 fully saturated rings. The fourth-order valence-corrected chi connectivity index (χ4v) is 2.92. The van der Waals surface area contributed by atoms with Crippen LogP contribution in [0.4, 0.5) is 0 Å². The number of ether oxygens (including phenoxy) is 1. The maximum atomic E-state index is 12.1. The van der Waals surface area contributed by atoms with Gasteiger partial charge in [-0.25, -0.2) is 0 Å². The highest BCUT2D eigenvalue weighted by molar-refractivity contribution is 7.09. The van der Waals surface area contributed by atoms with Crippen molar-refractivity contribution in [3.8, 4) is 0 Å². The third-order valence-electron chi connectivity index (χ3n) is 3.38. The van der Waals surface area contributed by atoms with Crippen LogP contribution in [0.3, 0.4) is 0 Å². The van der Waals surface area contributed by atoms with E-state index in [1.54, 1.807) is 11.3 Å². The Balaban J connectivity index is 2.59. The van der Waals surface area contributed by atoms with Gasteiger partial charge in [0.1, 0.15) is 5.60 Å². The zero-order chi connectivity index (χ0) is 15.4. The van der Waals surface area contributed by atoms with Gasteiger partial charge < -0.3 is 4.74 Å². The van der Waals surface area contributed by atoms with E-state index >= 15 is 0 Å². The molecular weight excluding hydrogens is 268 g/mol. The summed E-state index contributed by atoms with van der Waals surface area (Å²) < 4.78 is 5.46. The lowest BCUT2D eigenvalue weighted by atomic mass is 9.76. The maximum Gasteiger partial charge on any atom is 0.306 e. The van der Waals surface area contributed by atoms with Crippen LogP contribution in [-0.4, -0.2) is 11.6 Å². The first-order valence-corrected chi connectivity index (χ1v) is 8.20. The Hall–Kier alpha value is -0.830. The van der Waals surface area contributed by atoms with Gasteiger partial charge in [0.15, 0.2) is 0 Å². The van der Waals surface area contributed by atoms with Gasteiger partial charge >= 0.3 is 5.97 Å². The molecule has 114 valence electrons. The normalized spacial score (nSPS) is 14.1. The lowest BCUT2D eigenvalue weighted by molar-refractivity contribution is -0.157. The zero-order valence-corrected chi connectivity index (χ0v) is 14.5. The number of carbonyl (C=O) groups excluding carboxylic acids is 1. The van der Waals surface area contributed by atoms with Crippen LogP contribution in [0.15, 0.2) is 17.5 Å². The smallest absolute Gasteiger partial charge is 0.306 e. The van der Waals surface area contributed by atoms with Crippen molar-refractivity contribution < 1.29 is 9.53 Å². The minimum Gasteiger partial charge on any atom is -0.460 e. The Morgan fingerprint density at radius 3 is 2.35 bits per heavy atom. The molecule has 0 bridgehead atoms. The fraction of sp³-hybridized carbons (Fsp3) is 0.706. The van der Waals surface area contributed by atoms with Crippen LogP contribution in [0.2, 0.25) is 0 Å². The second kappa shape index (κ2) is 6.75. The average molecular weight is 296 g/mol. The average Bonchev–Trinajstić information content (AvgIpc) is 2.72. The molecule has 0 N–H and O–H groups in total. The lowest BCUT2D eigenvalue weighted by Gasteiger charge is -2.31. The first-order chi connectivity index (χ1) is 9.08. The monoisotopic (exact) mass is 296 g/mol. The number of esters is 1. The molecule has 0 aliphatic heterocycles. The molecule has 0 aliphatic rings. The van der Waals surface area contributed by atoms with Crippen molar-refractivity contribution in [1.82, 2.24) is 0 Å². The van der Waals surface area contributed by atoms with Crippen molar-refractivity contribution in [3.05, 3.63) is 22.4 Å². The number of aryl methyl sites for hydroxylation is 1. The van der Waals surface area contributed by atoms with Gasteiger partial charge in [0.25, 0.3) is 0 Å². The standard InChI is InChI=1S/C17H28O2S/c1-16(2,3)13(9-10-14-8-7-11-20-14)12-15(18)19-17(4,5)6/h7-8,11,13H,9-10,12H2,1-6H3. The van der Waals surface area contributed by atoms with Crippen LogP contribution < -0.4 is 0 Å². The molecule has 0 radical (unpaired) electrons. The Kier molecular flexibility index (Phi) is 5.81. The molecule has 1 rings (SSSR count). The molecule has 0 aliphatic carbocycles. The molecule has 2 nitrogen and oxygen atoms in total. The van der Waals surface area contributed by atoms with Crippen LogP contribution >= 0.6 is 11.3 Å². The second-order valence-corrected chi connectivity index (χ2v) is 8.50. The summed E-state index contributed by atoms with van der Waals surface area (Å²) in [5.74, 6) is 0.267. The Bertz CT molecular complexity index is 407. The summed E-state index contributed by atoms with van der Waals surface area (Å²) in [6, 6.07) is 4.25. The highest BCUT2D eigenvalue weighted by atomic mass is 32.1. The summed E-state index contributed by atoms with van der Waals surface area (Å²) in [6.45, 7) is 12.4. The predicted octanol–water partition coefficient (Wildman–Crippen LogP) is 5.07. The highest BCUT2D eigenvalue weighted by Gasteiger charge is 2.28. The molecule has 1 aromatic heterocycles. The molecule has 1 heterocycles. The number of rotatable bonds is 5. The summed E-state index contributed by atoms with van der Waals surface area (Å²) in [4.78, 5) is 13.4. The van der Waals surface area contributed by atoms with Gasteiger partial charge in [0, 0.05) is 11.3 Å². The third kappa shape index (κ3) is 6.56. The molecule has 20 heavy (non-hydrogen) atoms.